The minimum absolute atomic E-state index is 0.0293. The van der Waals surface area contributed by atoms with Gasteiger partial charge in [-0.05, 0) is 18.2 Å². The molecule has 4 aromatic heterocycles. The topological polar surface area (TPSA) is 85.8 Å². The summed E-state index contributed by atoms with van der Waals surface area (Å²) in [5, 5.41) is 17.1. The predicted molar refractivity (Wildman–Crippen MR) is 110 cm³/mol. The number of aromatic nitrogens is 6. The van der Waals surface area contributed by atoms with E-state index >= 15 is 0 Å². The molecule has 0 bridgehead atoms. The van der Waals surface area contributed by atoms with E-state index in [1.165, 1.54) is 17.5 Å². The largest absolute Gasteiger partial charge is 0.415 e. The molecule has 0 unspecified atom stereocenters. The van der Waals surface area contributed by atoms with Gasteiger partial charge in [0.05, 0.1) is 30.5 Å². The Balaban J connectivity index is 1.22. The Kier molecular flexibility index (Phi) is 5.66. The average Bonchev–Trinajstić information content (AvgIpc) is 3.56. The van der Waals surface area contributed by atoms with E-state index in [0.717, 1.165) is 10.4 Å². The van der Waals surface area contributed by atoms with Gasteiger partial charge in [0.25, 0.3) is 11.8 Å². The number of thiophene rings is 1. The summed E-state index contributed by atoms with van der Waals surface area (Å²) in [6.45, 7) is 1.02. The summed E-state index contributed by atoms with van der Waals surface area (Å²) in [7, 11) is 0. The number of alkyl halides is 4. The molecule has 5 rings (SSSR count). The Morgan fingerprint density at radius 1 is 1.12 bits per heavy atom. The summed E-state index contributed by atoms with van der Waals surface area (Å²) in [6, 6.07) is 5.30. The highest BCUT2D eigenvalue weighted by Crippen LogP contribution is 2.30. The van der Waals surface area contributed by atoms with Crippen LogP contribution in [0.4, 0.5) is 17.6 Å². The number of halogens is 4. The van der Waals surface area contributed by atoms with E-state index in [-0.39, 0.29) is 18.9 Å². The molecule has 5 heterocycles. The lowest BCUT2D eigenvalue weighted by molar-refractivity contribution is 0.0116. The molecule has 0 atom stereocenters. The molecular formula is C20H17F4N7OS. The van der Waals surface area contributed by atoms with Gasteiger partial charge < -0.3 is 4.42 Å². The Morgan fingerprint density at radius 3 is 2.70 bits per heavy atom. The van der Waals surface area contributed by atoms with E-state index < -0.39 is 18.2 Å². The highest BCUT2D eigenvalue weighted by Gasteiger charge is 2.38. The second-order valence-corrected chi connectivity index (χ2v) is 8.70. The molecule has 0 radical (unpaired) electrons. The highest BCUT2D eigenvalue weighted by atomic mass is 32.1. The van der Waals surface area contributed by atoms with Crippen LogP contribution in [0.25, 0.3) is 22.7 Å². The average molecular weight is 479 g/mol. The summed E-state index contributed by atoms with van der Waals surface area (Å²) in [5.41, 5.74) is 2.65. The molecule has 8 nitrogen and oxygen atoms in total. The zero-order valence-electron chi connectivity index (χ0n) is 17.0. The van der Waals surface area contributed by atoms with Crippen LogP contribution in [-0.4, -0.2) is 54.1 Å². The zero-order chi connectivity index (χ0) is 23.0. The fourth-order valence-corrected chi connectivity index (χ4v) is 4.44. The van der Waals surface area contributed by atoms with E-state index in [9.17, 15) is 17.6 Å². The van der Waals surface area contributed by atoms with Gasteiger partial charge in [0.2, 0.25) is 5.89 Å². The van der Waals surface area contributed by atoms with Crippen LogP contribution in [0.15, 0.2) is 40.4 Å². The summed E-state index contributed by atoms with van der Waals surface area (Å²) in [4.78, 5) is 7.04. The molecule has 1 fully saturated rings. The van der Waals surface area contributed by atoms with Gasteiger partial charge in [0.15, 0.2) is 0 Å². The van der Waals surface area contributed by atoms with E-state index in [4.69, 9.17) is 4.42 Å². The van der Waals surface area contributed by atoms with Gasteiger partial charge in [0.1, 0.15) is 5.69 Å². The van der Waals surface area contributed by atoms with Crippen LogP contribution in [0.1, 0.15) is 29.3 Å². The molecule has 0 aromatic carbocycles. The number of likely N-dealkylation sites (tertiary alicyclic amines) is 1. The van der Waals surface area contributed by atoms with Crippen LogP contribution in [0, 0.1) is 0 Å². The van der Waals surface area contributed by atoms with Crippen LogP contribution in [0.2, 0.25) is 0 Å². The lowest BCUT2D eigenvalue weighted by Crippen LogP contribution is -2.24. The van der Waals surface area contributed by atoms with Gasteiger partial charge >= 0.3 is 6.43 Å². The van der Waals surface area contributed by atoms with Crippen molar-refractivity contribution in [2.75, 3.05) is 13.1 Å². The third-order valence-electron chi connectivity index (χ3n) is 5.14. The maximum atomic E-state index is 13.4. The zero-order valence-corrected chi connectivity index (χ0v) is 17.9. The van der Waals surface area contributed by atoms with E-state index in [1.54, 1.807) is 27.9 Å². The molecule has 0 amide bonds. The number of rotatable bonds is 7. The highest BCUT2D eigenvalue weighted by molar-refractivity contribution is 7.10. The molecule has 0 aliphatic carbocycles. The van der Waals surface area contributed by atoms with E-state index in [2.05, 4.69) is 25.5 Å². The van der Waals surface area contributed by atoms with Crippen molar-refractivity contribution in [2.45, 2.75) is 31.9 Å². The van der Waals surface area contributed by atoms with Crippen molar-refractivity contribution in [3.63, 3.8) is 0 Å². The Hall–Kier alpha value is -3.19. The van der Waals surface area contributed by atoms with E-state index in [0.29, 0.717) is 36.6 Å². The van der Waals surface area contributed by atoms with Crippen LogP contribution in [0.3, 0.4) is 0 Å². The Labute approximate surface area is 188 Å². The summed E-state index contributed by atoms with van der Waals surface area (Å²) in [5.74, 6) is -3.37. The normalized spacial score (nSPS) is 16.2. The molecule has 33 heavy (non-hydrogen) atoms. The van der Waals surface area contributed by atoms with Crippen molar-refractivity contribution in [1.82, 2.24) is 35.1 Å². The third kappa shape index (κ3) is 4.93. The van der Waals surface area contributed by atoms with Crippen molar-refractivity contribution < 1.29 is 22.0 Å². The molecule has 1 aliphatic heterocycles. The lowest BCUT2D eigenvalue weighted by atomic mass is 10.2. The molecule has 0 saturated carbocycles. The summed E-state index contributed by atoms with van der Waals surface area (Å²) >= 11 is 1.50. The van der Waals surface area contributed by atoms with Crippen molar-refractivity contribution in [1.29, 1.82) is 0 Å². The molecule has 1 aliphatic rings. The maximum Gasteiger partial charge on any atom is 0.314 e. The van der Waals surface area contributed by atoms with Crippen LogP contribution in [-0.2, 0) is 13.1 Å². The van der Waals surface area contributed by atoms with E-state index in [1.807, 2.05) is 11.4 Å². The second-order valence-electron chi connectivity index (χ2n) is 7.70. The lowest BCUT2D eigenvalue weighted by Gasteiger charge is -2.13. The van der Waals surface area contributed by atoms with Gasteiger partial charge in [-0.2, -0.15) is 8.78 Å². The third-order valence-corrected chi connectivity index (χ3v) is 6.06. The van der Waals surface area contributed by atoms with Gasteiger partial charge in [-0.1, -0.05) is 5.21 Å². The first-order valence-electron chi connectivity index (χ1n) is 10.00. The smallest absolute Gasteiger partial charge is 0.314 e. The molecule has 4 aromatic rings. The van der Waals surface area contributed by atoms with Crippen LogP contribution < -0.4 is 0 Å². The van der Waals surface area contributed by atoms with Crippen molar-refractivity contribution in [2.24, 2.45) is 0 Å². The first-order chi connectivity index (χ1) is 15.8. The first-order valence-corrected chi connectivity index (χ1v) is 10.9. The molecule has 13 heteroatoms. The van der Waals surface area contributed by atoms with Gasteiger partial charge in [-0.25, -0.2) is 13.5 Å². The minimum atomic E-state index is -2.83. The molecule has 0 spiro atoms. The summed E-state index contributed by atoms with van der Waals surface area (Å²) in [6.07, 6.45) is 0.311. The minimum Gasteiger partial charge on any atom is -0.415 e. The number of nitrogens with zero attached hydrogens (tertiary/aromatic N) is 7. The monoisotopic (exact) mass is 479 g/mol. The van der Waals surface area contributed by atoms with Crippen LogP contribution in [0.5, 0.6) is 0 Å². The van der Waals surface area contributed by atoms with Gasteiger partial charge in [0, 0.05) is 41.5 Å². The summed E-state index contributed by atoms with van der Waals surface area (Å²) < 4.78 is 58.5. The Morgan fingerprint density at radius 2 is 2.00 bits per heavy atom. The fraction of sp³-hybridized carbons (Fsp3) is 0.350. The fourth-order valence-electron chi connectivity index (χ4n) is 3.52. The molecular weight excluding hydrogens is 462 g/mol. The Bertz CT molecular complexity index is 1240. The number of hydrogen-bond donors (Lipinski definition) is 0. The number of hydrogen-bond acceptors (Lipinski definition) is 8. The van der Waals surface area contributed by atoms with Crippen LogP contribution >= 0.6 is 11.3 Å². The first kappa shape index (κ1) is 21.6. The number of pyridine rings is 1. The SMILES string of the molecule is FC(F)c1nnc(-c2ccc(Cn3cc(-c4csc(CN5CCC(F)(F)C5)c4)nn3)nc2)o1. The quantitative estimate of drug-likeness (QED) is 0.366. The van der Waals surface area contributed by atoms with Gasteiger partial charge in [-0.3, -0.25) is 9.88 Å². The molecule has 0 N–H and O–H groups in total. The molecule has 172 valence electrons. The van der Waals surface area contributed by atoms with Crippen molar-refractivity contribution in [3.8, 4) is 22.7 Å². The van der Waals surface area contributed by atoms with Crippen molar-refractivity contribution in [3.05, 3.63) is 52.4 Å². The van der Waals surface area contributed by atoms with Crippen molar-refractivity contribution >= 4 is 11.3 Å². The molecule has 1 saturated heterocycles. The predicted octanol–water partition coefficient (Wildman–Crippen LogP) is 4.28. The second kappa shape index (κ2) is 8.63. The van der Waals surface area contributed by atoms with Gasteiger partial charge in [-0.15, -0.1) is 26.6 Å². The standard InChI is InChI=1S/C20H17F4N7OS/c21-17(22)19-28-27-18(32-19)12-1-2-14(25-6-12)7-31-9-16(26-29-31)13-5-15(33-10-13)8-30-4-3-20(23,24)11-30/h1-2,5-6,9-10,17H,3-4,7-8,11H2. The maximum absolute atomic E-state index is 13.4.